The van der Waals surface area contributed by atoms with E-state index in [1.807, 2.05) is 18.2 Å². The molecule has 0 amide bonds. The fraction of sp³-hybridized carbons (Fsp3) is 0.143. The van der Waals surface area contributed by atoms with E-state index >= 15 is 0 Å². The summed E-state index contributed by atoms with van der Waals surface area (Å²) in [4.78, 5) is 0. The van der Waals surface area contributed by atoms with E-state index in [2.05, 4.69) is 15.9 Å². The molecule has 0 radical (unpaired) electrons. The van der Waals surface area contributed by atoms with Crippen LogP contribution >= 0.6 is 27.5 Å². The summed E-state index contributed by atoms with van der Waals surface area (Å²) in [6.07, 6.45) is 0. The summed E-state index contributed by atoms with van der Waals surface area (Å²) >= 11 is 9.15. The second kappa shape index (κ2) is 6.37. The quantitative estimate of drug-likeness (QED) is 0.898. The molecule has 0 aliphatic carbocycles. The third-order valence-electron chi connectivity index (χ3n) is 2.64. The first-order valence-electron chi connectivity index (χ1n) is 5.65. The number of hydrogen-bond donors (Lipinski definition) is 1. The van der Waals surface area contributed by atoms with Crippen LogP contribution in [-0.4, -0.2) is 0 Å². The Hall–Kier alpha value is -1.10. The zero-order valence-electron chi connectivity index (χ0n) is 10.00. The van der Waals surface area contributed by atoms with Crippen molar-refractivity contribution in [2.75, 3.05) is 0 Å². The molecule has 0 atom stereocenters. The summed E-state index contributed by atoms with van der Waals surface area (Å²) < 4.78 is 19.5. The zero-order chi connectivity index (χ0) is 13.8. The number of rotatable bonds is 4. The summed E-state index contributed by atoms with van der Waals surface area (Å²) in [5, 5.41) is 0.0510. The van der Waals surface area contributed by atoms with Crippen molar-refractivity contribution in [3.8, 4) is 5.75 Å². The topological polar surface area (TPSA) is 35.2 Å². The van der Waals surface area contributed by atoms with Gasteiger partial charge in [-0.1, -0.05) is 39.7 Å². The van der Waals surface area contributed by atoms with Crippen molar-refractivity contribution >= 4 is 27.5 Å². The molecular weight excluding hydrogens is 333 g/mol. The molecule has 0 spiro atoms. The predicted octanol–water partition coefficient (Wildman–Crippen LogP) is 4.28. The number of ether oxygens (including phenoxy) is 1. The third kappa shape index (κ3) is 3.69. The van der Waals surface area contributed by atoms with Gasteiger partial charge in [0, 0.05) is 22.6 Å². The summed E-state index contributed by atoms with van der Waals surface area (Å²) in [6, 6.07) is 10.1. The molecule has 0 saturated heterocycles. The van der Waals surface area contributed by atoms with Crippen LogP contribution in [-0.2, 0) is 13.2 Å². The van der Waals surface area contributed by atoms with E-state index in [1.54, 1.807) is 6.07 Å². The normalized spacial score (nSPS) is 10.5. The Morgan fingerprint density at radius 2 is 2.00 bits per heavy atom. The molecule has 0 aliphatic heterocycles. The Morgan fingerprint density at radius 3 is 2.63 bits per heavy atom. The van der Waals surface area contributed by atoms with E-state index in [4.69, 9.17) is 22.1 Å². The molecule has 0 heterocycles. The molecule has 2 rings (SSSR count). The number of hydrogen-bond acceptors (Lipinski definition) is 2. The van der Waals surface area contributed by atoms with E-state index in [0.717, 1.165) is 15.6 Å². The molecular formula is C14H12BrClFNO. The smallest absolute Gasteiger partial charge is 0.142 e. The molecule has 0 bridgehead atoms. The Kier molecular flexibility index (Phi) is 4.80. The van der Waals surface area contributed by atoms with Crippen LogP contribution in [0.3, 0.4) is 0 Å². The number of halogens is 3. The maximum atomic E-state index is 13.0. The molecule has 2 aromatic carbocycles. The van der Waals surface area contributed by atoms with Crippen LogP contribution in [0.5, 0.6) is 5.75 Å². The fourth-order valence-corrected chi connectivity index (χ4v) is 2.27. The summed E-state index contributed by atoms with van der Waals surface area (Å²) in [6.45, 7) is 0.862. The van der Waals surface area contributed by atoms with Crippen molar-refractivity contribution in [3.63, 3.8) is 0 Å². The third-order valence-corrected chi connectivity index (χ3v) is 3.67. The van der Waals surface area contributed by atoms with Crippen molar-refractivity contribution in [1.29, 1.82) is 0 Å². The van der Waals surface area contributed by atoms with Crippen molar-refractivity contribution < 1.29 is 9.13 Å². The molecule has 0 aromatic heterocycles. The molecule has 2 nitrogen and oxygen atoms in total. The van der Waals surface area contributed by atoms with Gasteiger partial charge in [-0.15, -0.1) is 0 Å². The average molecular weight is 345 g/mol. The van der Waals surface area contributed by atoms with E-state index in [0.29, 0.717) is 18.9 Å². The monoisotopic (exact) mass is 343 g/mol. The number of nitrogens with two attached hydrogens (primary N) is 1. The van der Waals surface area contributed by atoms with E-state index in [9.17, 15) is 4.39 Å². The average Bonchev–Trinajstić information content (AvgIpc) is 2.41. The molecule has 0 unspecified atom stereocenters. The van der Waals surface area contributed by atoms with Gasteiger partial charge in [-0.25, -0.2) is 4.39 Å². The minimum atomic E-state index is -0.456. The van der Waals surface area contributed by atoms with Gasteiger partial charge in [0.2, 0.25) is 0 Å². The molecule has 2 N–H and O–H groups in total. The lowest BCUT2D eigenvalue weighted by atomic mass is 10.1. The maximum Gasteiger partial charge on any atom is 0.142 e. The first-order chi connectivity index (χ1) is 9.10. The molecule has 0 fully saturated rings. The van der Waals surface area contributed by atoms with E-state index < -0.39 is 5.82 Å². The second-order valence-corrected chi connectivity index (χ2v) is 5.26. The van der Waals surface area contributed by atoms with Crippen molar-refractivity contribution in [3.05, 3.63) is 62.8 Å². The van der Waals surface area contributed by atoms with Crippen LogP contribution in [0.4, 0.5) is 4.39 Å². The fourth-order valence-electron chi connectivity index (χ4n) is 1.56. The van der Waals surface area contributed by atoms with Gasteiger partial charge < -0.3 is 10.5 Å². The van der Waals surface area contributed by atoms with Crippen LogP contribution in [0.15, 0.2) is 40.9 Å². The van der Waals surface area contributed by atoms with Gasteiger partial charge in [-0.3, -0.25) is 0 Å². The van der Waals surface area contributed by atoms with Crippen LogP contribution < -0.4 is 10.5 Å². The van der Waals surface area contributed by atoms with Crippen LogP contribution in [0.25, 0.3) is 0 Å². The van der Waals surface area contributed by atoms with Gasteiger partial charge >= 0.3 is 0 Å². The van der Waals surface area contributed by atoms with E-state index in [-0.39, 0.29) is 5.02 Å². The first-order valence-corrected chi connectivity index (χ1v) is 6.82. The minimum Gasteiger partial charge on any atom is -0.489 e. The molecule has 100 valence electrons. The van der Waals surface area contributed by atoms with Crippen molar-refractivity contribution in [2.45, 2.75) is 13.2 Å². The Balaban J connectivity index is 2.07. The van der Waals surface area contributed by atoms with Gasteiger partial charge in [-0.05, 0) is 23.8 Å². The van der Waals surface area contributed by atoms with Crippen LogP contribution in [0.1, 0.15) is 11.1 Å². The highest BCUT2D eigenvalue weighted by Gasteiger charge is 2.05. The highest BCUT2D eigenvalue weighted by atomic mass is 79.9. The Bertz CT molecular complexity index is 592. The van der Waals surface area contributed by atoms with Gasteiger partial charge in [0.15, 0.2) is 0 Å². The summed E-state index contributed by atoms with van der Waals surface area (Å²) in [7, 11) is 0. The Morgan fingerprint density at radius 1 is 1.21 bits per heavy atom. The lowest BCUT2D eigenvalue weighted by Crippen LogP contribution is -2.00. The van der Waals surface area contributed by atoms with E-state index in [1.165, 1.54) is 12.1 Å². The van der Waals surface area contributed by atoms with Gasteiger partial charge in [0.1, 0.15) is 18.2 Å². The first kappa shape index (κ1) is 14.3. The predicted molar refractivity (Wildman–Crippen MR) is 77.8 cm³/mol. The molecule has 0 aliphatic rings. The van der Waals surface area contributed by atoms with Gasteiger partial charge in [-0.2, -0.15) is 0 Å². The number of benzene rings is 2. The molecule has 2 aromatic rings. The SMILES string of the molecule is NCc1ccc(COc2ccc(F)c(Cl)c2)c(Br)c1. The molecule has 5 heteroatoms. The van der Waals surface area contributed by atoms with Gasteiger partial charge in [0.05, 0.1) is 5.02 Å². The largest absolute Gasteiger partial charge is 0.489 e. The Labute approximate surface area is 124 Å². The lowest BCUT2D eigenvalue weighted by Gasteiger charge is -2.09. The highest BCUT2D eigenvalue weighted by molar-refractivity contribution is 9.10. The van der Waals surface area contributed by atoms with Crippen molar-refractivity contribution in [2.24, 2.45) is 5.73 Å². The highest BCUT2D eigenvalue weighted by Crippen LogP contribution is 2.24. The van der Waals surface area contributed by atoms with Crippen molar-refractivity contribution in [1.82, 2.24) is 0 Å². The molecule has 0 saturated carbocycles. The standard InChI is InChI=1S/C14H12BrClFNO/c15-12-5-9(7-18)1-2-10(12)8-19-11-3-4-14(17)13(16)6-11/h1-6H,7-8,18H2. The van der Waals surface area contributed by atoms with Gasteiger partial charge in [0.25, 0.3) is 0 Å². The second-order valence-electron chi connectivity index (χ2n) is 3.99. The lowest BCUT2D eigenvalue weighted by molar-refractivity contribution is 0.305. The minimum absolute atomic E-state index is 0.0510. The summed E-state index contributed by atoms with van der Waals surface area (Å²) in [5.41, 5.74) is 7.59. The van der Waals surface area contributed by atoms with Crippen LogP contribution in [0, 0.1) is 5.82 Å². The summed E-state index contributed by atoms with van der Waals surface area (Å²) in [5.74, 6) is 0.0729. The van der Waals surface area contributed by atoms with Crippen LogP contribution in [0.2, 0.25) is 5.02 Å². The zero-order valence-corrected chi connectivity index (χ0v) is 12.3. The maximum absolute atomic E-state index is 13.0. The molecule has 19 heavy (non-hydrogen) atoms.